The van der Waals surface area contributed by atoms with E-state index in [9.17, 15) is 14.4 Å². The Hall–Kier alpha value is -2.90. The fourth-order valence-corrected chi connectivity index (χ4v) is 3.65. The second kappa shape index (κ2) is 8.00. The van der Waals surface area contributed by atoms with E-state index in [2.05, 4.69) is 20.6 Å². The molecule has 1 saturated heterocycles. The van der Waals surface area contributed by atoms with Crippen LogP contribution in [0.5, 0.6) is 0 Å². The Kier molecular flexibility index (Phi) is 5.67. The molecule has 1 aromatic carbocycles. The summed E-state index contributed by atoms with van der Waals surface area (Å²) >= 11 is 0. The number of carboxylic acids is 1. The topological polar surface area (TPSA) is 124 Å². The summed E-state index contributed by atoms with van der Waals surface area (Å²) in [4.78, 5) is 42.5. The van der Waals surface area contributed by atoms with Gasteiger partial charge in [0.05, 0.1) is 17.6 Å². The first-order valence-electron chi connectivity index (χ1n) is 9.52. The van der Waals surface area contributed by atoms with Gasteiger partial charge in [0.25, 0.3) is 0 Å². The van der Waals surface area contributed by atoms with Crippen LogP contribution in [-0.2, 0) is 20.9 Å². The van der Waals surface area contributed by atoms with Crippen molar-refractivity contribution in [2.24, 2.45) is 0 Å². The molecule has 0 saturated carbocycles. The Balaban J connectivity index is 1.54. The lowest BCUT2D eigenvalue weighted by atomic mass is 9.86. The zero-order valence-corrected chi connectivity index (χ0v) is 16.2. The molecule has 1 aliphatic rings. The largest absolute Gasteiger partial charge is 0.481 e. The number of carbonyl (C=O) groups is 3. The van der Waals surface area contributed by atoms with Gasteiger partial charge in [-0.1, -0.05) is 0 Å². The van der Waals surface area contributed by atoms with Crippen molar-refractivity contribution >= 4 is 28.8 Å². The van der Waals surface area contributed by atoms with Crippen molar-refractivity contribution in [3.05, 3.63) is 29.1 Å². The van der Waals surface area contributed by atoms with E-state index in [-0.39, 0.29) is 24.7 Å². The molecule has 3 rings (SSSR count). The van der Waals surface area contributed by atoms with E-state index in [1.165, 1.54) is 11.1 Å². The summed E-state index contributed by atoms with van der Waals surface area (Å²) in [6.07, 6.45) is 1.89. The molecule has 0 aliphatic carbocycles. The van der Waals surface area contributed by atoms with Crippen LogP contribution in [0.25, 0.3) is 11.0 Å². The molecule has 4 N–H and O–H groups in total. The van der Waals surface area contributed by atoms with Crippen LogP contribution in [0.3, 0.4) is 0 Å². The lowest BCUT2D eigenvalue weighted by Gasteiger charge is -2.28. The number of aromatic amines is 1. The molecule has 1 fully saturated rings. The third kappa shape index (κ3) is 4.68. The summed E-state index contributed by atoms with van der Waals surface area (Å²) in [6, 6.07) is 4.05. The van der Waals surface area contributed by atoms with Crippen molar-refractivity contribution in [1.82, 2.24) is 20.6 Å². The van der Waals surface area contributed by atoms with Crippen LogP contribution in [0.2, 0.25) is 0 Å². The highest BCUT2D eigenvalue weighted by atomic mass is 16.4. The first-order chi connectivity index (χ1) is 13.3. The first-order valence-corrected chi connectivity index (χ1v) is 9.52. The number of carboxylic acid groups (broad SMARTS) is 1. The van der Waals surface area contributed by atoms with Crippen LogP contribution in [0.1, 0.15) is 55.5 Å². The van der Waals surface area contributed by atoms with Crippen molar-refractivity contribution in [1.29, 1.82) is 0 Å². The van der Waals surface area contributed by atoms with E-state index in [0.29, 0.717) is 38.1 Å². The zero-order valence-electron chi connectivity index (χ0n) is 16.2. The number of aliphatic carboxylic acids is 1. The molecule has 1 aliphatic heterocycles. The van der Waals surface area contributed by atoms with Gasteiger partial charge in [-0.25, -0.2) is 4.98 Å². The quantitative estimate of drug-likeness (QED) is 0.553. The molecule has 1 aromatic heterocycles. The standard InChI is InChI=1S/C20H26N4O4/c1-12-9-14-15(10-13(12)2)23-16(22-14)11-21-17(25)3-6-20(8-5-19(27)28)7-4-18(26)24-20/h9-10H,3-8,11H2,1-2H3,(H,21,25)(H,22,23)(H,24,26)(H,27,28). The molecule has 8 nitrogen and oxygen atoms in total. The molecule has 2 aromatic rings. The van der Waals surface area contributed by atoms with Crippen LogP contribution >= 0.6 is 0 Å². The number of hydrogen-bond acceptors (Lipinski definition) is 4. The van der Waals surface area contributed by atoms with Gasteiger partial charge in [0.1, 0.15) is 5.82 Å². The molecule has 150 valence electrons. The normalized spacial score (nSPS) is 19.0. The van der Waals surface area contributed by atoms with Crippen LogP contribution in [0, 0.1) is 13.8 Å². The summed E-state index contributed by atoms with van der Waals surface area (Å²) in [6.45, 7) is 4.37. The maximum absolute atomic E-state index is 12.3. The van der Waals surface area contributed by atoms with Crippen molar-refractivity contribution < 1.29 is 19.5 Å². The number of H-pyrrole nitrogens is 1. The predicted octanol–water partition coefficient (Wildman–Crippen LogP) is 2.09. The molecule has 2 amide bonds. The molecule has 28 heavy (non-hydrogen) atoms. The molecule has 1 atom stereocenters. The number of imidazole rings is 1. The number of nitrogens with zero attached hydrogens (tertiary/aromatic N) is 1. The third-order valence-corrected chi connectivity index (χ3v) is 5.48. The molecule has 0 spiro atoms. The fraction of sp³-hybridized carbons (Fsp3) is 0.500. The summed E-state index contributed by atoms with van der Waals surface area (Å²) in [5, 5.41) is 14.7. The second-order valence-corrected chi connectivity index (χ2v) is 7.64. The number of nitrogens with one attached hydrogen (secondary N) is 3. The average Bonchev–Trinajstić information content (AvgIpc) is 3.20. The number of hydrogen-bond donors (Lipinski definition) is 4. The highest BCUT2D eigenvalue weighted by Gasteiger charge is 2.37. The predicted molar refractivity (Wildman–Crippen MR) is 104 cm³/mol. The minimum Gasteiger partial charge on any atom is -0.481 e. The molecule has 0 bridgehead atoms. The first kappa shape index (κ1) is 19.9. The molecule has 0 radical (unpaired) electrons. The highest BCUT2D eigenvalue weighted by molar-refractivity contribution is 5.81. The van der Waals surface area contributed by atoms with Crippen molar-refractivity contribution in [3.8, 4) is 0 Å². The van der Waals surface area contributed by atoms with E-state index in [1.807, 2.05) is 26.0 Å². The smallest absolute Gasteiger partial charge is 0.303 e. The van der Waals surface area contributed by atoms with E-state index in [1.54, 1.807) is 0 Å². The van der Waals surface area contributed by atoms with Crippen LogP contribution in [0.15, 0.2) is 12.1 Å². The van der Waals surface area contributed by atoms with E-state index < -0.39 is 11.5 Å². The third-order valence-electron chi connectivity index (χ3n) is 5.48. The number of amides is 2. The summed E-state index contributed by atoms with van der Waals surface area (Å²) in [5.74, 6) is -0.453. The summed E-state index contributed by atoms with van der Waals surface area (Å²) < 4.78 is 0. The monoisotopic (exact) mass is 386 g/mol. The van der Waals surface area contributed by atoms with Gasteiger partial charge in [0.15, 0.2) is 0 Å². The molecular formula is C20H26N4O4. The number of aromatic nitrogens is 2. The number of aryl methyl sites for hydroxylation is 2. The van der Waals surface area contributed by atoms with Crippen molar-refractivity contribution in [3.63, 3.8) is 0 Å². The van der Waals surface area contributed by atoms with E-state index >= 15 is 0 Å². The molecule has 8 heteroatoms. The van der Waals surface area contributed by atoms with E-state index in [4.69, 9.17) is 5.11 Å². The van der Waals surface area contributed by atoms with Gasteiger partial charge in [0.2, 0.25) is 11.8 Å². The summed E-state index contributed by atoms with van der Waals surface area (Å²) in [5.41, 5.74) is 3.56. The van der Waals surface area contributed by atoms with Gasteiger partial charge < -0.3 is 20.7 Å². The number of benzene rings is 1. The Morgan fingerprint density at radius 2 is 1.93 bits per heavy atom. The van der Waals surface area contributed by atoms with Gasteiger partial charge in [-0.15, -0.1) is 0 Å². The number of rotatable bonds is 8. The maximum atomic E-state index is 12.3. The zero-order chi connectivity index (χ0) is 20.3. The van der Waals surface area contributed by atoms with Gasteiger partial charge in [-0.05, 0) is 56.4 Å². The van der Waals surface area contributed by atoms with Gasteiger partial charge in [-0.3, -0.25) is 14.4 Å². The number of carbonyl (C=O) groups excluding carboxylic acids is 2. The van der Waals surface area contributed by atoms with E-state index in [0.717, 1.165) is 11.0 Å². The average molecular weight is 386 g/mol. The highest BCUT2D eigenvalue weighted by Crippen LogP contribution is 2.30. The van der Waals surface area contributed by atoms with Crippen LogP contribution in [0.4, 0.5) is 0 Å². The van der Waals surface area contributed by atoms with Crippen LogP contribution in [-0.4, -0.2) is 38.4 Å². The van der Waals surface area contributed by atoms with Gasteiger partial charge in [0, 0.05) is 24.8 Å². The van der Waals surface area contributed by atoms with Gasteiger partial charge in [-0.2, -0.15) is 0 Å². The summed E-state index contributed by atoms with van der Waals surface area (Å²) in [7, 11) is 0. The lowest BCUT2D eigenvalue weighted by molar-refractivity contribution is -0.137. The number of fused-ring (bicyclic) bond motifs is 1. The molecule has 2 heterocycles. The second-order valence-electron chi connectivity index (χ2n) is 7.64. The minimum absolute atomic E-state index is 0.0281. The Morgan fingerprint density at radius 3 is 2.61 bits per heavy atom. The maximum Gasteiger partial charge on any atom is 0.303 e. The van der Waals surface area contributed by atoms with Crippen LogP contribution < -0.4 is 10.6 Å². The Morgan fingerprint density at radius 1 is 1.21 bits per heavy atom. The molecular weight excluding hydrogens is 360 g/mol. The Labute approximate surface area is 163 Å². The fourth-order valence-electron chi connectivity index (χ4n) is 3.65. The lowest BCUT2D eigenvalue weighted by Crippen LogP contribution is -2.43. The SMILES string of the molecule is Cc1cc2nc(CNC(=O)CCC3(CCC(=O)O)CCC(=O)N3)[nH]c2cc1C. The van der Waals surface area contributed by atoms with Gasteiger partial charge >= 0.3 is 5.97 Å². The minimum atomic E-state index is -0.902. The molecule has 1 unspecified atom stereocenters. The van der Waals surface area contributed by atoms with Crippen molar-refractivity contribution in [2.75, 3.05) is 0 Å². The Bertz CT molecular complexity index is 881. The van der Waals surface area contributed by atoms with Crippen molar-refractivity contribution in [2.45, 2.75) is 64.5 Å².